The number of nitrogens with zero attached hydrogens (tertiary/aromatic N) is 3. The van der Waals surface area contributed by atoms with Crippen LogP contribution >= 0.6 is 0 Å². The maximum atomic E-state index is 12.8. The number of rotatable bonds is 3. The van der Waals surface area contributed by atoms with Crippen LogP contribution in [0.3, 0.4) is 0 Å². The molecule has 0 atom stereocenters. The minimum absolute atomic E-state index is 0.0609. The van der Waals surface area contributed by atoms with Crippen LogP contribution in [-0.2, 0) is 14.1 Å². The van der Waals surface area contributed by atoms with E-state index in [0.29, 0.717) is 17.0 Å². The largest absolute Gasteiger partial charge is 0.497 e. The molecule has 9 nitrogen and oxygen atoms in total. The van der Waals surface area contributed by atoms with Crippen molar-refractivity contribution in [3.05, 3.63) is 56.2 Å². The van der Waals surface area contributed by atoms with Gasteiger partial charge in [-0.3, -0.25) is 18.7 Å². The Morgan fingerprint density at radius 2 is 1.78 bits per heavy atom. The minimum Gasteiger partial charge on any atom is -0.497 e. The minimum atomic E-state index is -0.531. The second-order valence-electron chi connectivity index (χ2n) is 6.08. The molecular weight excluding hydrogens is 350 g/mol. The van der Waals surface area contributed by atoms with Crippen LogP contribution in [0.2, 0.25) is 0 Å². The molecule has 1 amide bonds. The lowest BCUT2D eigenvalue weighted by Gasteiger charge is -2.14. The summed E-state index contributed by atoms with van der Waals surface area (Å²) in [5.74, 6) is 0.0928. The number of nitrogens with two attached hydrogens (primary N) is 1. The van der Waals surface area contributed by atoms with E-state index < -0.39 is 17.2 Å². The first-order valence-electron chi connectivity index (χ1n) is 8.07. The number of methoxy groups -OCH3 is 1. The van der Waals surface area contributed by atoms with Gasteiger partial charge in [-0.15, -0.1) is 0 Å². The van der Waals surface area contributed by atoms with E-state index in [9.17, 15) is 14.4 Å². The molecule has 2 aromatic heterocycles. The smallest absolute Gasteiger partial charge is 0.332 e. The molecule has 0 aliphatic rings. The molecule has 1 aromatic carbocycles. The Balaban J connectivity index is 2.15. The second-order valence-corrected chi connectivity index (χ2v) is 6.08. The zero-order valence-electron chi connectivity index (χ0n) is 15.4. The van der Waals surface area contributed by atoms with Crippen molar-refractivity contribution in [1.82, 2.24) is 14.1 Å². The molecule has 0 fully saturated rings. The number of pyridine rings is 1. The lowest BCUT2D eigenvalue weighted by atomic mass is 10.1. The number of hydrogen-bond acceptors (Lipinski definition) is 6. The van der Waals surface area contributed by atoms with Crippen molar-refractivity contribution in [3.63, 3.8) is 0 Å². The van der Waals surface area contributed by atoms with E-state index in [2.05, 4.69) is 10.3 Å². The van der Waals surface area contributed by atoms with E-state index in [1.54, 1.807) is 38.3 Å². The van der Waals surface area contributed by atoms with Gasteiger partial charge in [-0.2, -0.15) is 0 Å². The molecule has 0 saturated carbocycles. The highest BCUT2D eigenvalue weighted by atomic mass is 16.5. The van der Waals surface area contributed by atoms with Crippen LogP contribution in [0.4, 0.5) is 11.5 Å². The standard InChI is InChI=1S/C18H19N5O4/c1-9-12(16(24)20-10-5-7-11(27-4)8-6-10)14(19)21-15-13(9)17(25)23(3)18(26)22(15)2/h5-8H,1-4H3,(H2,19,21)(H,20,24). The van der Waals surface area contributed by atoms with Crippen LogP contribution in [0.25, 0.3) is 11.0 Å². The SMILES string of the molecule is COc1ccc(NC(=O)c2c(N)nc3c(c2C)c(=O)n(C)c(=O)n3C)cc1. The Bertz CT molecular complexity index is 1180. The first-order chi connectivity index (χ1) is 12.8. The molecule has 3 aromatic rings. The molecule has 3 rings (SSSR count). The van der Waals surface area contributed by atoms with Crippen molar-refractivity contribution in [2.75, 3.05) is 18.2 Å². The van der Waals surface area contributed by atoms with E-state index in [0.717, 1.165) is 4.57 Å². The fourth-order valence-corrected chi connectivity index (χ4v) is 2.93. The predicted octanol–water partition coefficient (Wildman–Crippen LogP) is 0.784. The highest BCUT2D eigenvalue weighted by molar-refractivity contribution is 6.10. The molecule has 0 saturated heterocycles. The third-order valence-electron chi connectivity index (χ3n) is 4.44. The quantitative estimate of drug-likeness (QED) is 0.704. The van der Waals surface area contributed by atoms with Crippen LogP contribution in [0, 0.1) is 6.92 Å². The van der Waals surface area contributed by atoms with Crippen molar-refractivity contribution < 1.29 is 9.53 Å². The number of carbonyl (C=O) groups excluding carboxylic acids is 1. The van der Waals surface area contributed by atoms with E-state index in [1.807, 2.05) is 0 Å². The summed E-state index contributed by atoms with van der Waals surface area (Å²) in [6, 6.07) is 6.77. The van der Waals surface area contributed by atoms with Gasteiger partial charge in [0.05, 0.1) is 18.1 Å². The number of fused-ring (bicyclic) bond motifs is 1. The summed E-state index contributed by atoms with van der Waals surface area (Å²) in [6.07, 6.45) is 0. The Kier molecular flexibility index (Phi) is 4.44. The monoisotopic (exact) mass is 369 g/mol. The van der Waals surface area contributed by atoms with Crippen LogP contribution in [-0.4, -0.2) is 27.1 Å². The average Bonchev–Trinajstić information content (AvgIpc) is 2.64. The summed E-state index contributed by atoms with van der Waals surface area (Å²) < 4.78 is 7.28. The molecule has 0 unspecified atom stereocenters. The van der Waals surface area contributed by atoms with Gasteiger partial charge >= 0.3 is 5.69 Å². The van der Waals surface area contributed by atoms with Gasteiger partial charge in [-0.25, -0.2) is 9.78 Å². The van der Waals surface area contributed by atoms with Gasteiger partial charge in [-0.1, -0.05) is 0 Å². The first-order valence-corrected chi connectivity index (χ1v) is 8.07. The molecule has 0 aliphatic carbocycles. The average molecular weight is 369 g/mol. The molecule has 140 valence electrons. The Labute approximate surface area is 154 Å². The number of nitrogen functional groups attached to an aromatic ring is 1. The third kappa shape index (κ3) is 2.92. The number of nitrogens with one attached hydrogen (secondary N) is 1. The molecule has 0 spiro atoms. The lowest BCUT2D eigenvalue weighted by Crippen LogP contribution is -2.38. The summed E-state index contributed by atoms with van der Waals surface area (Å²) in [6.45, 7) is 1.61. The molecule has 3 N–H and O–H groups in total. The maximum Gasteiger partial charge on any atom is 0.332 e. The van der Waals surface area contributed by atoms with E-state index in [4.69, 9.17) is 10.5 Å². The second kappa shape index (κ2) is 6.60. The number of hydrogen-bond donors (Lipinski definition) is 2. The van der Waals surface area contributed by atoms with Crippen LogP contribution in [0.5, 0.6) is 5.75 Å². The normalized spacial score (nSPS) is 10.8. The van der Waals surface area contributed by atoms with Gasteiger partial charge in [0.25, 0.3) is 11.5 Å². The van der Waals surface area contributed by atoms with E-state index in [1.165, 1.54) is 18.7 Å². The molecule has 0 bridgehead atoms. The van der Waals surface area contributed by atoms with Crippen molar-refractivity contribution in [1.29, 1.82) is 0 Å². The summed E-state index contributed by atoms with van der Waals surface area (Å²) in [5, 5.41) is 2.90. The zero-order valence-corrected chi connectivity index (χ0v) is 15.4. The molecule has 2 heterocycles. The topological polar surface area (TPSA) is 121 Å². The van der Waals surface area contributed by atoms with Gasteiger partial charge < -0.3 is 15.8 Å². The molecular formula is C18H19N5O4. The number of anilines is 2. The third-order valence-corrected chi connectivity index (χ3v) is 4.44. The Morgan fingerprint density at radius 3 is 2.37 bits per heavy atom. The highest BCUT2D eigenvalue weighted by Gasteiger charge is 2.21. The molecule has 0 radical (unpaired) electrons. The van der Waals surface area contributed by atoms with Gasteiger partial charge in [0.15, 0.2) is 5.65 Å². The number of amides is 1. The first kappa shape index (κ1) is 18.2. The summed E-state index contributed by atoms with van der Waals surface area (Å²) in [5.41, 5.74) is 6.05. The zero-order chi connectivity index (χ0) is 19.9. The number of aryl methyl sites for hydroxylation is 2. The Hall–Kier alpha value is -3.62. The van der Waals surface area contributed by atoms with Gasteiger partial charge in [0.2, 0.25) is 0 Å². The molecule has 27 heavy (non-hydrogen) atoms. The predicted molar refractivity (Wildman–Crippen MR) is 102 cm³/mol. The maximum absolute atomic E-state index is 12.8. The fraction of sp³-hybridized carbons (Fsp3) is 0.222. The summed E-state index contributed by atoms with van der Waals surface area (Å²) in [7, 11) is 4.41. The summed E-state index contributed by atoms with van der Waals surface area (Å²) >= 11 is 0. The van der Waals surface area contributed by atoms with E-state index in [-0.39, 0.29) is 22.4 Å². The number of ether oxygens (including phenoxy) is 1. The molecule has 0 aliphatic heterocycles. The van der Waals surface area contributed by atoms with Crippen molar-refractivity contribution >= 4 is 28.4 Å². The van der Waals surface area contributed by atoms with Gasteiger partial charge in [-0.05, 0) is 36.8 Å². The van der Waals surface area contributed by atoms with Crippen LogP contribution in [0.15, 0.2) is 33.9 Å². The van der Waals surface area contributed by atoms with Gasteiger partial charge in [0, 0.05) is 19.8 Å². The fourth-order valence-electron chi connectivity index (χ4n) is 2.93. The summed E-state index contributed by atoms with van der Waals surface area (Å²) in [4.78, 5) is 41.6. The number of benzene rings is 1. The van der Waals surface area contributed by atoms with Crippen molar-refractivity contribution in [3.8, 4) is 5.75 Å². The van der Waals surface area contributed by atoms with E-state index >= 15 is 0 Å². The Morgan fingerprint density at radius 1 is 1.15 bits per heavy atom. The van der Waals surface area contributed by atoms with Crippen LogP contribution in [0.1, 0.15) is 15.9 Å². The van der Waals surface area contributed by atoms with Crippen LogP contribution < -0.4 is 27.0 Å². The van der Waals surface area contributed by atoms with Crippen molar-refractivity contribution in [2.45, 2.75) is 6.92 Å². The lowest BCUT2D eigenvalue weighted by molar-refractivity contribution is 0.102. The number of aromatic nitrogens is 3. The number of carbonyl (C=O) groups is 1. The van der Waals surface area contributed by atoms with Gasteiger partial charge in [0.1, 0.15) is 11.6 Å². The highest BCUT2D eigenvalue weighted by Crippen LogP contribution is 2.23. The van der Waals surface area contributed by atoms with Crippen molar-refractivity contribution in [2.24, 2.45) is 14.1 Å². The molecule has 9 heteroatoms.